The van der Waals surface area contributed by atoms with Crippen LogP contribution in [0, 0.1) is 0 Å². The summed E-state index contributed by atoms with van der Waals surface area (Å²) in [7, 11) is 0. The lowest BCUT2D eigenvalue weighted by molar-refractivity contribution is 0.301. The Hall–Kier alpha value is -0.260. The molecule has 0 aliphatic carbocycles. The van der Waals surface area contributed by atoms with Gasteiger partial charge in [0.05, 0.1) is 6.61 Å². The number of nitrogens with two attached hydrogens (primary N) is 1. The molecule has 0 aliphatic rings. The summed E-state index contributed by atoms with van der Waals surface area (Å²) in [6.45, 7) is 0.429. The Bertz CT molecular complexity index is 126. The van der Waals surface area contributed by atoms with Crippen molar-refractivity contribution in [1.29, 1.82) is 0 Å². The smallest absolute Gasteiger partial charge is 0.133 e. The third-order valence-electron chi connectivity index (χ3n) is 0.621. The van der Waals surface area contributed by atoms with E-state index in [1.54, 1.807) is 0 Å². The summed E-state index contributed by atoms with van der Waals surface area (Å²) in [5, 5.41) is 10.9. The lowest BCUT2D eigenvalue weighted by atomic mass is 10.6. The Morgan fingerprint density at radius 1 is 1.56 bits per heavy atom. The highest BCUT2D eigenvalue weighted by Gasteiger charge is 1.94. The molecule has 0 aliphatic heterocycles. The van der Waals surface area contributed by atoms with Crippen LogP contribution in [0.5, 0.6) is 0 Å². The first kappa shape index (κ1) is 8.74. The standard InChI is InChI=1S/C4H8N2OS2/c5-3(8)4(9)6-1-2-7/h7H,1-2H2,(H2,5,8)(H,6,9). The molecule has 0 aromatic heterocycles. The van der Waals surface area contributed by atoms with Crippen LogP contribution < -0.4 is 11.1 Å². The van der Waals surface area contributed by atoms with Crippen molar-refractivity contribution in [2.24, 2.45) is 5.73 Å². The number of nitrogens with one attached hydrogen (secondary N) is 1. The van der Waals surface area contributed by atoms with E-state index in [0.717, 1.165) is 0 Å². The second kappa shape index (κ2) is 4.60. The zero-order valence-corrected chi connectivity index (χ0v) is 6.39. The Morgan fingerprint density at radius 3 is 2.44 bits per heavy atom. The van der Waals surface area contributed by atoms with E-state index in [1.807, 2.05) is 0 Å². The van der Waals surface area contributed by atoms with Gasteiger partial charge in [-0.3, -0.25) is 0 Å². The molecule has 4 N–H and O–H groups in total. The van der Waals surface area contributed by atoms with Crippen molar-refractivity contribution < 1.29 is 5.11 Å². The second-order valence-electron chi connectivity index (χ2n) is 1.34. The third kappa shape index (κ3) is 4.26. The fraction of sp³-hybridized carbons (Fsp3) is 0.500. The van der Waals surface area contributed by atoms with Crippen LogP contribution in [0.15, 0.2) is 0 Å². The fourth-order valence-corrected chi connectivity index (χ4v) is 0.431. The van der Waals surface area contributed by atoms with Gasteiger partial charge in [-0.1, -0.05) is 24.4 Å². The van der Waals surface area contributed by atoms with Gasteiger partial charge in [0.25, 0.3) is 0 Å². The molecule has 0 bridgehead atoms. The van der Waals surface area contributed by atoms with Crippen molar-refractivity contribution in [3.8, 4) is 0 Å². The average Bonchev–Trinajstić information content (AvgIpc) is 1.82. The van der Waals surface area contributed by atoms with Gasteiger partial charge in [-0.25, -0.2) is 0 Å². The van der Waals surface area contributed by atoms with Gasteiger partial charge in [0.2, 0.25) is 0 Å². The summed E-state index contributed by atoms with van der Waals surface area (Å²) < 4.78 is 0. The molecule has 9 heavy (non-hydrogen) atoms. The first-order valence-corrected chi connectivity index (χ1v) is 3.18. The van der Waals surface area contributed by atoms with Gasteiger partial charge < -0.3 is 16.2 Å². The van der Waals surface area contributed by atoms with Crippen molar-refractivity contribution in [2.45, 2.75) is 0 Å². The van der Waals surface area contributed by atoms with Crippen LogP contribution in [0.25, 0.3) is 0 Å². The van der Waals surface area contributed by atoms with E-state index in [0.29, 0.717) is 11.5 Å². The number of hydrogen-bond acceptors (Lipinski definition) is 3. The van der Waals surface area contributed by atoms with Gasteiger partial charge in [-0.15, -0.1) is 0 Å². The maximum Gasteiger partial charge on any atom is 0.133 e. The largest absolute Gasteiger partial charge is 0.395 e. The van der Waals surface area contributed by atoms with Crippen LogP contribution in [-0.4, -0.2) is 28.2 Å². The lowest BCUT2D eigenvalue weighted by Crippen LogP contribution is -2.34. The van der Waals surface area contributed by atoms with E-state index in [-0.39, 0.29) is 11.6 Å². The molecule has 0 aromatic carbocycles. The molecule has 52 valence electrons. The summed E-state index contributed by atoms with van der Waals surface area (Å²) in [5.41, 5.74) is 5.12. The van der Waals surface area contributed by atoms with Crippen molar-refractivity contribution >= 4 is 34.4 Å². The van der Waals surface area contributed by atoms with Crippen LogP contribution in [0.1, 0.15) is 0 Å². The van der Waals surface area contributed by atoms with Crippen LogP contribution in [0.3, 0.4) is 0 Å². The molecule has 0 rings (SSSR count). The molecule has 0 saturated carbocycles. The molecule has 0 saturated heterocycles. The summed E-state index contributed by atoms with van der Waals surface area (Å²) in [5.74, 6) is 0. The fourth-order valence-electron chi connectivity index (χ4n) is 0.257. The van der Waals surface area contributed by atoms with Crippen molar-refractivity contribution in [3.05, 3.63) is 0 Å². The third-order valence-corrected chi connectivity index (χ3v) is 1.32. The normalized spacial score (nSPS) is 8.56. The number of aliphatic hydroxyl groups is 1. The minimum atomic E-state index is 0.0305. The van der Waals surface area contributed by atoms with Crippen LogP contribution in [-0.2, 0) is 0 Å². The number of aliphatic hydroxyl groups excluding tert-OH is 1. The molecule has 5 heteroatoms. The summed E-state index contributed by atoms with van der Waals surface area (Å²) >= 11 is 9.18. The van der Waals surface area contributed by atoms with E-state index < -0.39 is 0 Å². The number of rotatable bonds is 2. The monoisotopic (exact) mass is 164 g/mol. The Morgan fingerprint density at radius 2 is 2.11 bits per heavy atom. The molecule has 0 amide bonds. The molecule has 0 heterocycles. The van der Waals surface area contributed by atoms with Gasteiger partial charge >= 0.3 is 0 Å². The van der Waals surface area contributed by atoms with E-state index in [4.69, 9.17) is 10.8 Å². The summed E-state index contributed by atoms with van der Waals surface area (Å²) in [6, 6.07) is 0. The molecule has 0 spiro atoms. The highest BCUT2D eigenvalue weighted by Crippen LogP contribution is 1.71. The minimum absolute atomic E-state index is 0.0305. The van der Waals surface area contributed by atoms with Crippen LogP contribution >= 0.6 is 24.4 Å². The van der Waals surface area contributed by atoms with Crippen molar-refractivity contribution in [3.63, 3.8) is 0 Å². The Labute approximate surface area is 64.2 Å². The topological polar surface area (TPSA) is 58.3 Å². The molecular weight excluding hydrogens is 156 g/mol. The highest BCUT2D eigenvalue weighted by atomic mass is 32.1. The zero-order valence-electron chi connectivity index (χ0n) is 4.76. The highest BCUT2D eigenvalue weighted by molar-refractivity contribution is 7.89. The van der Waals surface area contributed by atoms with E-state index in [9.17, 15) is 0 Å². The first-order chi connectivity index (χ1) is 4.18. The van der Waals surface area contributed by atoms with Gasteiger partial charge in [0.15, 0.2) is 0 Å². The molecule has 0 fully saturated rings. The SMILES string of the molecule is NC(=S)C(=S)NCCO. The van der Waals surface area contributed by atoms with Crippen molar-refractivity contribution in [2.75, 3.05) is 13.2 Å². The molecule has 0 aromatic rings. The van der Waals surface area contributed by atoms with Gasteiger partial charge in [-0.05, 0) is 0 Å². The van der Waals surface area contributed by atoms with Crippen LogP contribution in [0.2, 0.25) is 0 Å². The average molecular weight is 164 g/mol. The molecule has 3 nitrogen and oxygen atoms in total. The first-order valence-electron chi connectivity index (χ1n) is 2.37. The van der Waals surface area contributed by atoms with E-state index >= 15 is 0 Å². The summed E-state index contributed by atoms with van der Waals surface area (Å²) in [6.07, 6.45) is 0. The zero-order chi connectivity index (χ0) is 7.28. The molecule has 0 atom stereocenters. The van der Waals surface area contributed by atoms with E-state index in [2.05, 4.69) is 29.8 Å². The van der Waals surface area contributed by atoms with Crippen molar-refractivity contribution in [1.82, 2.24) is 5.32 Å². The van der Waals surface area contributed by atoms with Crippen LogP contribution in [0.4, 0.5) is 0 Å². The predicted molar refractivity (Wildman–Crippen MR) is 44.5 cm³/mol. The second-order valence-corrected chi connectivity index (χ2v) is 2.19. The molecule has 0 radical (unpaired) electrons. The van der Waals surface area contributed by atoms with Gasteiger partial charge in [0, 0.05) is 6.54 Å². The molecular formula is C4H8N2OS2. The number of hydrogen-bond donors (Lipinski definition) is 3. The maximum atomic E-state index is 8.29. The Balaban J connectivity index is 3.39. The van der Waals surface area contributed by atoms with Gasteiger partial charge in [-0.2, -0.15) is 0 Å². The lowest BCUT2D eigenvalue weighted by Gasteiger charge is -2.01. The number of thiocarbonyl (C=S) groups is 2. The van der Waals surface area contributed by atoms with Gasteiger partial charge in [0.1, 0.15) is 9.98 Å². The maximum absolute atomic E-state index is 8.29. The summed E-state index contributed by atoms with van der Waals surface area (Å²) in [4.78, 5) is 0.498. The predicted octanol–water partition coefficient (Wildman–Crippen LogP) is -0.818. The Kier molecular flexibility index (Phi) is 4.47. The molecule has 0 unspecified atom stereocenters. The minimum Gasteiger partial charge on any atom is -0.395 e. The van der Waals surface area contributed by atoms with E-state index in [1.165, 1.54) is 0 Å². The quantitative estimate of drug-likeness (QED) is 0.466.